The van der Waals surface area contributed by atoms with Gasteiger partial charge in [-0.3, -0.25) is 0 Å². The molecule has 9 nitrogen and oxygen atoms in total. The Morgan fingerprint density at radius 1 is 0.565 bits per heavy atom. The highest BCUT2D eigenvalue weighted by atomic mass is 32.2. The fourth-order valence-electron chi connectivity index (χ4n) is 5.77. The van der Waals surface area contributed by atoms with Gasteiger partial charge in [-0.15, -0.1) is 0 Å². The number of rotatable bonds is 4. The predicted octanol–water partition coefficient (Wildman–Crippen LogP) is 8.32. The minimum absolute atomic E-state index is 0.126. The van der Waals surface area contributed by atoms with Crippen LogP contribution in [0.15, 0.2) is 8.73 Å². The smallest absolute Gasteiger partial charge is 0.115 e. The highest BCUT2D eigenvalue weighted by Gasteiger charge is 2.36. The molecule has 0 spiro atoms. The van der Waals surface area contributed by atoms with Crippen LogP contribution in [0.5, 0.6) is 0 Å². The Kier molecular flexibility index (Phi) is 16.3. The average molecular weight is 711 g/mol. The van der Waals surface area contributed by atoms with Crippen molar-refractivity contribution in [3.8, 4) is 0 Å². The lowest BCUT2D eigenvalue weighted by Crippen LogP contribution is -2.46. The quantitative estimate of drug-likeness (QED) is 0.317. The molecule has 0 saturated carbocycles. The molecule has 1 N–H and O–H groups in total. The van der Waals surface area contributed by atoms with E-state index in [0.717, 1.165) is 95.5 Å². The molecule has 0 bridgehead atoms. The molecule has 3 fully saturated rings. The lowest BCUT2D eigenvalue weighted by atomic mass is 10.0. The van der Waals surface area contributed by atoms with Crippen molar-refractivity contribution in [2.45, 2.75) is 156 Å². The Bertz CT molecular complexity index is 1270. The summed E-state index contributed by atoms with van der Waals surface area (Å²) in [5.41, 5.74) is 0. The fraction of sp³-hybridized carbons (Fsp3) is 1.00. The van der Waals surface area contributed by atoms with Gasteiger partial charge in [0.25, 0.3) is 0 Å². The van der Waals surface area contributed by atoms with Gasteiger partial charge in [0.05, 0.1) is 20.3 Å². The van der Waals surface area contributed by atoms with Gasteiger partial charge < -0.3 is 0 Å². The molecular formula is C34H74N6O3S3. The van der Waals surface area contributed by atoms with Gasteiger partial charge in [0.1, 0.15) is 29.7 Å². The van der Waals surface area contributed by atoms with E-state index in [-0.39, 0.29) is 15.5 Å². The molecule has 3 aliphatic rings. The van der Waals surface area contributed by atoms with Crippen LogP contribution in [0.1, 0.15) is 135 Å². The lowest BCUT2D eigenvalue weighted by molar-refractivity contribution is 0.291. The van der Waals surface area contributed by atoms with E-state index in [1.165, 1.54) is 0 Å². The van der Waals surface area contributed by atoms with E-state index in [1.807, 2.05) is 80.5 Å². The van der Waals surface area contributed by atoms with Gasteiger partial charge in [0, 0.05) is 46.3 Å². The van der Waals surface area contributed by atoms with Crippen LogP contribution in [-0.4, -0.2) is 92.1 Å². The molecule has 0 aromatic heterocycles. The molecule has 3 rings (SSSR count). The Hall–Kier alpha value is -0.270. The molecule has 0 aliphatic carbocycles. The second kappa shape index (κ2) is 17.1. The van der Waals surface area contributed by atoms with E-state index < -0.39 is 34.5 Å². The van der Waals surface area contributed by atoms with Gasteiger partial charge >= 0.3 is 0 Å². The van der Waals surface area contributed by atoms with E-state index >= 15 is 0 Å². The van der Waals surface area contributed by atoms with Gasteiger partial charge in [-0.2, -0.15) is 0 Å². The predicted molar refractivity (Wildman–Crippen MR) is 202 cm³/mol. The zero-order valence-corrected chi connectivity index (χ0v) is 34.9. The van der Waals surface area contributed by atoms with E-state index in [2.05, 4.69) is 38.1 Å². The van der Waals surface area contributed by atoms with Gasteiger partial charge in [-0.25, -0.2) is 39.0 Å². The van der Waals surface area contributed by atoms with Crippen molar-refractivity contribution in [2.75, 3.05) is 46.3 Å². The lowest BCUT2D eigenvalue weighted by Gasteiger charge is -2.38. The van der Waals surface area contributed by atoms with Crippen molar-refractivity contribution in [3.63, 3.8) is 0 Å². The molecular weight excluding hydrogens is 637 g/mol. The normalized spacial score (nSPS) is 24.8. The van der Waals surface area contributed by atoms with Crippen LogP contribution >= 0.6 is 0 Å². The minimum atomic E-state index is -2.59. The monoisotopic (exact) mass is 710 g/mol. The van der Waals surface area contributed by atoms with Crippen molar-refractivity contribution in [1.82, 2.24) is 12.9 Å². The third-order valence-electron chi connectivity index (χ3n) is 9.32. The molecule has 3 aliphatic heterocycles. The molecule has 0 aromatic rings. The Morgan fingerprint density at radius 2 is 0.848 bits per heavy atom. The van der Waals surface area contributed by atoms with Crippen LogP contribution in [0.2, 0.25) is 0 Å². The first-order valence-corrected chi connectivity index (χ1v) is 22.1. The SMILES string of the molecule is CC1CCN(S(=N)(=O)C(C)(C)C)CC1.CC1CCN(S(=O)(=NC(C)C)C(C)(C)C)CC1.CN=S(=O)(N1CCC(C)CC1)C(C)(C)C. The molecule has 46 heavy (non-hydrogen) atoms. The van der Waals surface area contributed by atoms with E-state index in [9.17, 15) is 12.6 Å². The molecule has 3 saturated heterocycles. The Balaban J connectivity index is 0.000000347. The van der Waals surface area contributed by atoms with Crippen LogP contribution in [-0.2, 0) is 29.7 Å². The second-order valence-corrected chi connectivity index (χ2v) is 25.9. The molecule has 3 unspecified atom stereocenters. The molecule has 3 atom stereocenters. The third kappa shape index (κ3) is 11.7. The van der Waals surface area contributed by atoms with Crippen LogP contribution < -0.4 is 0 Å². The first kappa shape index (κ1) is 43.8. The zero-order chi connectivity index (χ0) is 35.9. The summed E-state index contributed by atoms with van der Waals surface area (Å²) in [6.07, 6.45) is 6.71. The maximum absolute atomic E-state index is 13.2. The van der Waals surface area contributed by atoms with Crippen LogP contribution in [0.25, 0.3) is 0 Å². The highest BCUT2D eigenvalue weighted by molar-refractivity contribution is 7.93. The summed E-state index contributed by atoms with van der Waals surface area (Å²) in [6.45, 7) is 34.0. The number of piperidine rings is 3. The van der Waals surface area contributed by atoms with Gasteiger partial charge in [0.2, 0.25) is 0 Å². The summed E-state index contributed by atoms with van der Waals surface area (Å²) in [5, 5.41) is 0. The summed E-state index contributed by atoms with van der Waals surface area (Å²) in [4.78, 5) is 0. The minimum Gasteiger partial charge on any atom is -0.240 e. The van der Waals surface area contributed by atoms with Crippen molar-refractivity contribution >= 4 is 29.7 Å². The van der Waals surface area contributed by atoms with Crippen molar-refractivity contribution in [3.05, 3.63) is 0 Å². The fourth-order valence-corrected chi connectivity index (χ4v) is 12.0. The first-order chi connectivity index (χ1) is 20.7. The van der Waals surface area contributed by atoms with E-state index in [4.69, 9.17) is 4.78 Å². The zero-order valence-electron chi connectivity index (χ0n) is 32.5. The summed E-state index contributed by atoms with van der Waals surface area (Å²) in [7, 11) is -5.38. The molecule has 0 amide bonds. The largest absolute Gasteiger partial charge is 0.240 e. The third-order valence-corrected chi connectivity index (χ3v) is 18.6. The van der Waals surface area contributed by atoms with Gasteiger partial charge in [0.15, 0.2) is 0 Å². The van der Waals surface area contributed by atoms with Gasteiger partial charge in [-0.05, 0) is 132 Å². The van der Waals surface area contributed by atoms with E-state index in [0.29, 0.717) is 0 Å². The highest BCUT2D eigenvalue weighted by Crippen LogP contribution is 2.30. The first-order valence-electron chi connectivity index (χ1n) is 17.7. The summed E-state index contributed by atoms with van der Waals surface area (Å²) in [5.74, 6) is 2.25. The van der Waals surface area contributed by atoms with Gasteiger partial charge in [-0.1, -0.05) is 20.8 Å². The topological polar surface area (TPSA) is 109 Å². The molecule has 0 aromatic carbocycles. The summed E-state index contributed by atoms with van der Waals surface area (Å²) in [6, 6.07) is 0.126. The number of hydrogen-bond donors (Lipinski definition) is 1. The summed E-state index contributed by atoms with van der Waals surface area (Å²) < 4.78 is 60.2. The Morgan fingerprint density at radius 3 is 1.09 bits per heavy atom. The molecule has 12 heteroatoms. The van der Waals surface area contributed by atoms with Crippen LogP contribution in [0.3, 0.4) is 0 Å². The Labute approximate surface area is 287 Å². The number of nitrogens with one attached hydrogen (secondary N) is 1. The maximum Gasteiger partial charge on any atom is 0.115 e. The van der Waals surface area contributed by atoms with Crippen LogP contribution in [0, 0.1) is 22.5 Å². The average Bonchev–Trinajstić information content (AvgIpc) is 2.92. The molecule has 3 heterocycles. The molecule has 0 radical (unpaired) electrons. The number of hydrogen-bond acceptors (Lipinski definition) is 6. The van der Waals surface area contributed by atoms with Crippen LogP contribution in [0.4, 0.5) is 0 Å². The standard InChI is InChI=1S/C13H28N2OS.C11H24N2OS.C10H22N2OS/c1-11(2)14-17(16,13(4,5)6)15-9-7-12(3)8-10-15;1-10-6-8-13(9-7-10)15(14,12-5)11(2,3)4;1-9-5-7-12(8-6-9)14(11,13)10(2,3)4/h11-12H,7-10H2,1-6H3;10H,6-9H2,1-5H3;9,11H,5-8H2,1-4H3. The molecule has 276 valence electrons. The van der Waals surface area contributed by atoms with Crippen molar-refractivity contribution in [2.24, 2.45) is 26.5 Å². The van der Waals surface area contributed by atoms with Crippen molar-refractivity contribution in [1.29, 1.82) is 4.78 Å². The maximum atomic E-state index is 13.2. The summed E-state index contributed by atoms with van der Waals surface area (Å²) >= 11 is 0. The second-order valence-electron chi connectivity index (χ2n) is 17.1. The van der Waals surface area contributed by atoms with E-state index in [1.54, 1.807) is 7.05 Å². The van der Waals surface area contributed by atoms with Crippen molar-refractivity contribution < 1.29 is 12.6 Å². The number of nitrogens with zero attached hydrogens (tertiary/aromatic N) is 5.